The zero-order valence-electron chi connectivity index (χ0n) is 9.02. The Morgan fingerprint density at radius 3 is 2.44 bits per heavy atom. The van der Waals surface area contributed by atoms with Crippen LogP contribution in [0.4, 0.5) is 17.6 Å². The van der Waals surface area contributed by atoms with E-state index >= 15 is 0 Å². The molecular weight excluding hydrogens is 226 g/mol. The summed E-state index contributed by atoms with van der Waals surface area (Å²) < 4.78 is 53.0. The van der Waals surface area contributed by atoms with Crippen molar-refractivity contribution in [1.29, 1.82) is 0 Å². The molecular formula is C10H17F4NO. The van der Waals surface area contributed by atoms with Gasteiger partial charge < -0.3 is 10.1 Å². The molecule has 0 aromatic rings. The van der Waals surface area contributed by atoms with Crippen molar-refractivity contribution < 1.29 is 22.3 Å². The molecule has 16 heavy (non-hydrogen) atoms. The summed E-state index contributed by atoms with van der Waals surface area (Å²) in [6, 6.07) is 0. The molecule has 0 radical (unpaired) electrons. The lowest BCUT2D eigenvalue weighted by Gasteiger charge is -2.22. The zero-order valence-corrected chi connectivity index (χ0v) is 9.02. The minimum Gasteiger partial charge on any atom is -0.375 e. The van der Waals surface area contributed by atoms with Crippen LogP contribution in [0.2, 0.25) is 0 Å². The Morgan fingerprint density at radius 1 is 1.25 bits per heavy atom. The lowest BCUT2D eigenvalue weighted by atomic mass is 9.95. The van der Waals surface area contributed by atoms with E-state index in [1.807, 2.05) is 0 Å². The highest BCUT2D eigenvalue weighted by Gasteiger charge is 2.40. The van der Waals surface area contributed by atoms with Gasteiger partial charge in [0.2, 0.25) is 0 Å². The van der Waals surface area contributed by atoms with Gasteiger partial charge in [-0.25, -0.2) is 8.78 Å². The van der Waals surface area contributed by atoms with E-state index in [9.17, 15) is 17.6 Å². The quantitative estimate of drug-likeness (QED) is 0.571. The van der Waals surface area contributed by atoms with Crippen LogP contribution in [0.1, 0.15) is 19.3 Å². The molecule has 0 unspecified atom stereocenters. The lowest BCUT2D eigenvalue weighted by Crippen LogP contribution is -2.33. The standard InChI is InChI=1S/C10H17F4NO/c11-9(12)10(13,14)7-16-6-3-8-1-4-15-5-2-8/h8-9,15H,1-7H2. The lowest BCUT2D eigenvalue weighted by molar-refractivity contribution is -0.166. The van der Waals surface area contributed by atoms with Crippen molar-refractivity contribution in [3.05, 3.63) is 0 Å². The van der Waals surface area contributed by atoms with Gasteiger partial charge in [-0.05, 0) is 38.3 Å². The van der Waals surface area contributed by atoms with Crippen molar-refractivity contribution in [1.82, 2.24) is 5.32 Å². The zero-order chi connectivity index (χ0) is 12.0. The maximum absolute atomic E-state index is 12.4. The second-order valence-corrected chi connectivity index (χ2v) is 4.10. The number of hydrogen-bond donors (Lipinski definition) is 1. The largest absolute Gasteiger partial charge is 0.375 e. The third-order valence-electron chi connectivity index (χ3n) is 2.74. The van der Waals surface area contributed by atoms with Crippen molar-refractivity contribution in [2.75, 3.05) is 26.3 Å². The second kappa shape index (κ2) is 6.39. The normalized spacial score (nSPS) is 19.3. The monoisotopic (exact) mass is 243 g/mol. The predicted molar refractivity (Wildman–Crippen MR) is 52.0 cm³/mol. The van der Waals surface area contributed by atoms with Crippen molar-refractivity contribution in [3.8, 4) is 0 Å². The summed E-state index contributed by atoms with van der Waals surface area (Å²) in [5.74, 6) is -3.56. The summed E-state index contributed by atoms with van der Waals surface area (Å²) in [7, 11) is 0. The minimum absolute atomic E-state index is 0.132. The maximum atomic E-state index is 12.4. The number of ether oxygens (including phenoxy) is 1. The second-order valence-electron chi connectivity index (χ2n) is 4.10. The van der Waals surface area contributed by atoms with Crippen molar-refractivity contribution in [2.24, 2.45) is 5.92 Å². The third-order valence-corrected chi connectivity index (χ3v) is 2.74. The predicted octanol–water partition coefficient (Wildman–Crippen LogP) is 2.29. The molecule has 0 aromatic carbocycles. The van der Waals surface area contributed by atoms with Crippen molar-refractivity contribution in [2.45, 2.75) is 31.6 Å². The molecule has 6 heteroatoms. The van der Waals surface area contributed by atoms with Crippen LogP contribution in [0.15, 0.2) is 0 Å². The summed E-state index contributed by atoms with van der Waals surface area (Å²) in [5, 5.41) is 3.18. The van der Waals surface area contributed by atoms with Gasteiger partial charge in [-0.2, -0.15) is 8.78 Å². The first kappa shape index (κ1) is 13.7. The highest BCUT2D eigenvalue weighted by molar-refractivity contribution is 4.70. The van der Waals surface area contributed by atoms with E-state index in [-0.39, 0.29) is 6.61 Å². The molecule has 1 fully saturated rings. The molecule has 1 aliphatic heterocycles. The maximum Gasteiger partial charge on any atom is 0.330 e. The molecule has 1 aliphatic rings. The molecule has 0 spiro atoms. The van der Waals surface area contributed by atoms with E-state index in [2.05, 4.69) is 10.1 Å². The number of nitrogens with one attached hydrogen (secondary N) is 1. The molecule has 96 valence electrons. The Bertz CT molecular complexity index is 195. The van der Waals surface area contributed by atoms with Gasteiger partial charge in [0.15, 0.2) is 0 Å². The van der Waals surface area contributed by atoms with Crippen molar-refractivity contribution in [3.63, 3.8) is 0 Å². The van der Waals surface area contributed by atoms with Crippen LogP contribution in [0.5, 0.6) is 0 Å². The van der Waals surface area contributed by atoms with Gasteiger partial charge in [0.1, 0.15) is 6.61 Å². The molecule has 0 aliphatic carbocycles. The van der Waals surface area contributed by atoms with Crippen LogP contribution in [0.3, 0.4) is 0 Å². The average Bonchev–Trinajstić information content (AvgIpc) is 2.26. The minimum atomic E-state index is -4.02. The Hall–Kier alpha value is -0.360. The number of rotatable bonds is 6. The SMILES string of the molecule is FC(F)C(F)(F)COCCC1CCNCC1. The molecule has 1 saturated heterocycles. The number of halogens is 4. The van der Waals surface area contributed by atoms with E-state index in [0.29, 0.717) is 12.3 Å². The van der Waals surface area contributed by atoms with Crippen LogP contribution in [0.25, 0.3) is 0 Å². The van der Waals surface area contributed by atoms with E-state index < -0.39 is 19.0 Å². The molecule has 0 bridgehead atoms. The van der Waals surface area contributed by atoms with Crippen LogP contribution in [0, 0.1) is 5.92 Å². The van der Waals surface area contributed by atoms with Crippen LogP contribution in [-0.2, 0) is 4.74 Å². The molecule has 0 atom stereocenters. The Morgan fingerprint density at radius 2 is 1.88 bits per heavy atom. The van der Waals surface area contributed by atoms with E-state index in [0.717, 1.165) is 25.9 Å². The fraction of sp³-hybridized carbons (Fsp3) is 1.00. The average molecular weight is 243 g/mol. The van der Waals surface area contributed by atoms with Crippen LogP contribution >= 0.6 is 0 Å². The first-order valence-corrected chi connectivity index (χ1v) is 5.47. The topological polar surface area (TPSA) is 21.3 Å². The third kappa shape index (κ3) is 4.65. The fourth-order valence-electron chi connectivity index (χ4n) is 1.69. The number of alkyl halides is 4. The molecule has 2 nitrogen and oxygen atoms in total. The summed E-state index contributed by atoms with van der Waals surface area (Å²) in [4.78, 5) is 0. The summed E-state index contributed by atoms with van der Waals surface area (Å²) in [6.07, 6.45) is -0.990. The van der Waals surface area contributed by atoms with Crippen LogP contribution < -0.4 is 5.32 Å². The number of hydrogen-bond acceptors (Lipinski definition) is 2. The van der Waals surface area contributed by atoms with Gasteiger partial charge in [-0.3, -0.25) is 0 Å². The smallest absolute Gasteiger partial charge is 0.330 e. The van der Waals surface area contributed by atoms with Gasteiger partial charge >= 0.3 is 12.3 Å². The highest BCUT2D eigenvalue weighted by atomic mass is 19.3. The molecule has 0 amide bonds. The van der Waals surface area contributed by atoms with Gasteiger partial charge in [-0.1, -0.05) is 0 Å². The van der Waals surface area contributed by atoms with E-state index in [1.165, 1.54) is 0 Å². The first-order valence-electron chi connectivity index (χ1n) is 5.47. The molecule has 1 heterocycles. The Labute approximate surface area is 92.3 Å². The van der Waals surface area contributed by atoms with Gasteiger partial charge in [0.05, 0.1) is 0 Å². The Kier molecular flexibility index (Phi) is 5.48. The van der Waals surface area contributed by atoms with E-state index in [1.54, 1.807) is 0 Å². The Balaban J connectivity index is 2.06. The molecule has 1 N–H and O–H groups in total. The summed E-state index contributed by atoms with van der Waals surface area (Å²) in [6.45, 7) is 0.804. The highest BCUT2D eigenvalue weighted by Crippen LogP contribution is 2.23. The van der Waals surface area contributed by atoms with Gasteiger partial charge in [0.25, 0.3) is 0 Å². The molecule has 0 saturated carbocycles. The summed E-state index contributed by atoms with van der Waals surface area (Å²) in [5.41, 5.74) is 0. The van der Waals surface area contributed by atoms with Crippen LogP contribution in [-0.4, -0.2) is 38.7 Å². The summed E-state index contributed by atoms with van der Waals surface area (Å²) >= 11 is 0. The van der Waals surface area contributed by atoms with E-state index in [4.69, 9.17) is 0 Å². The molecule has 0 aromatic heterocycles. The number of piperidine rings is 1. The van der Waals surface area contributed by atoms with Gasteiger partial charge in [0, 0.05) is 6.61 Å². The fourth-order valence-corrected chi connectivity index (χ4v) is 1.69. The van der Waals surface area contributed by atoms with Gasteiger partial charge in [-0.15, -0.1) is 0 Å². The molecule has 1 rings (SSSR count). The first-order chi connectivity index (χ1) is 7.52. The van der Waals surface area contributed by atoms with Crippen molar-refractivity contribution >= 4 is 0 Å².